The Morgan fingerprint density at radius 3 is 2.93 bits per heavy atom. The van der Waals surface area contributed by atoms with Crippen molar-refractivity contribution in [2.45, 2.75) is 6.54 Å². The van der Waals surface area contributed by atoms with E-state index >= 15 is 0 Å². The molecule has 0 radical (unpaired) electrons. The number of hydrogen-bond acceptors (Lipinski definition) is 1. The van der Waals surface area contributed by atoms with E-state index in [2.05, 4.69) is 17.2 Å². The third kappa shape index (κ3) is 2.18. The van der Waals surface area contributed by atoms with Crippen molar-refractivity contribution in [3.63, 3.8) is 0 Å². The molecule has 3 heteroatoms. The number of terminal acetylenes is 2. The van der Waals surface area contributed by atoms with Crippen LogP contribution in [0.2, 0.25) is 0 Å². The summed E-state index contributed by atoms with van der Waals surface area (Å²) in [5.74, 6) is 4.59. The Bertz CT molecular complexity index is 404. The standard InChI is InChI=1S/C11H10N2O/c1-3-7-12-11(14)10-6-5-9-13(10)8-4-2/h1-2,5-6,9H,7-8H2,(H,12,14). The van der Waals surface area contributed by atoms with Crippen LogP contribution < -0.4 is 5.32 Å². The SMILES string of the molecule is C#CCNC(=O)c1cccn1CC#C. The molecule has 3 nitrogen and oxygen atoms in total. The molecule has 1 aromatic heterocycles. The van der Waals surface area contributed by atoms with Gasteiger partial charge in [0.2, 0.25) is 0 Å². The molecule has 0 aliphatic heterocycles. The molecule has 1 heterocycles. The minimum absolute atomic E-state index is 0.205. The fourth-order valence-corrected chi connectivity index (χ4v) is 1.08. The van der Waals surface area contributed by atoms with Gasteiger partial charge in [-0.15, -0.1) is 12.8 Å². The zero-order chi connectivity index (χ0) is 10.4. The average molecular weight is 186 g/mol. The molecule has 0 atom stereocenters. The lowest BCUT2D eigenvalue weighted by Gasteiger charge is -2.04. The van der Waals surface area contributed by atoms with Crippen molar-refractivity contribution in [2.75, 3.05) is 6.54 Å². The number of carbonyl (C=O) groups is 1. The largest absolute Gasteiger partial charge is 0.340 e. The predicted octanol–water partition coefficient (Wildman–Crippen LogP) is 0.484. The van der Waals surface area contributed by atoms with Gasteiger partial charge >= 0.3 is 0 Å². The van der Waals surface area contributed by atoms with Crippen LogP contribution in [0, 0.1) is 24.7 Å². The summed E-state index contributed by atoms with van der Waals surface area (Å²) in [6.07, 6.45) is 11.9. The van der Waals surface area contributed by atoms with E-state index in [0.717, 1.165) is 0 Å². The molecule has 0 saturated carbocycles. The quantitative estimate of drug-likeness (QED) is 0.685. The lowest BCUT2D eigenvalue weighted by molar-refractivity contribution is 0.0950. The van der Waals surface area contributed by atoms with Gasteiger partial charge in [0.1, 0.15) is 5.69 Å². The summed E-state index contributed by atoms with van der Waals surface area (Å²) in [5, 5.41) is 2.57. The van der Waals surface area contributed by atoms with Crippen LogP contribution in [0.4, 0.5) is 0 Å². The molecule has 1 rings (SSSR count). The molecule has 1 amide bonds. The van der Waals surface area contributed by atoms with E-state index in [9.17, 15) is 4.79 Å². The molecule has 0 aromatic carbocycles. The van der Waals surface area contributed by atoms with Crippen molar-refractivity contribution >= 4 is 5.91 Å². The first kappa shape index (κ1) is 9.95. The number of carbonyl (C=O) groups excluding carboxylic acids is 1. The van der Waals surface area contributed by atoms with Crippen LogP contribution in [0.15, 0.2) is 18.3 Å². The minimum Gasteiger partial charge on any atom is -0.340 e. The smallest absolute Gasteiger partial charge is 0.268 e. The van der Waals surface area contributed by atoms with Crippen molar-refractivity contribution in [1.82, 2.24) is 9.88 Å². The summed E-state index contributed by atoms with van der Waals surface area (Å²) in [7, 11) is 0. The van der Waals surface area contributed by atoms with Gasteiger partial charge in [-0.05, 0) is 12.1 Å². The van der Waals surface area contributed by atoms with Crippen LogP contribution in [0.3, 0.4) is 0 Å². The highest BCUT2D eigenvalue weighted by atomic mass is 16.1. The van der Waals surface area contributed by atoms with Crippen LogP contribution >= 0.6 is 0 Å². The van der Waals surface area contributed by atoms with Gasteiger partial charge in [0.15, 0.2) is 0 Å². The molecule has 1 aromatic rings. The van der Waals surface area contributed by atoms with Gasteiger partial charge < -0.3 is 9.88 Å². The second-order valence-electron chi connectivity index (χ2n) is 2.61. The average Bonchev–Trinajstić information content (AvgIpc) is 2.63. The normalized spacial score (nSPS) is 8.71. The Hall–Kier alpha value is -2.13. The maximum Gasteiger partial charge on any atom is 0.268 e. The fourth-order valence-electron chi connectivity index (χ4n) is 1.08. The van der Waals surface area contributed by atoms with Gasteiger partial charge in [-0.25, -0.2) is 0 Å². The second kappa shape index (κ2) is 4.79. The molecular weight excluding hydrogens is 176 g/mol. The Morgan fingerprint density at radius 2 is 2.29 bits per heavy atom. The van der Waals surface area contributed by atoms with Gasteiger partial charge in [-0.3, -0.25) is 4.79 Å². The van der Waals surface area contributed by atoms with Crippen molar-refractivity contribution in [1.29, 1.82) is 0 Å². The van der Waals surface area contributed by atoms with Crippen molar-refractivity contribution in [2.24, 2.45) is 0 Å². The number of rotatable bonds is 3. The van der Waals surface area contributed by atoms with Gasteiger partial charge in [0, 0.05) is 6.20 Å². The Morgan fingerprint density at radius 1 is 1.50 bits per heavy atom. The number of hydrogen-bond donors (Lipinski definition) is 1. The highest BCUT2D eigenvalue weighted by Crippen LogP contribution is 2.01. The van der Waals surface area contributed by atoms with Crippen molar-refractivity contribution < 1.29 is 4.79 Å². The summed E-state index contributed by atoms with van der Waals surface area (Å²) >= 11 is 0. The zero-order valence-corrected chi connectivity index (χ0v) is 7.66. The van der Waals surface area contributed by atoms with Gasteiger partial charge in [0.25, 0.3) is 5.91 Å². The lowest BCUT2D eigenvalue weighted by Crippen LogP contribution is -2.25. The van der Waals surface area contributed by atoms with Crippen LogP contribution in [0.1, 0.15) is 10.5 Å². The monoisotopic (exact) mass is 186 g/mol. The first-order valence-corrected chi connectivity index (χ1v) is 4.10. The van der Waals surface area contributed by atoms with E-state index in [1.54, 1.807) is 22.9 Å². The van der Waals surface area contributed by atoms with E-state index in [-0.39, 0.29) is 12.5 Å². The first-order chi connectivity index (χ1) is 6.79. The summed E-state index contributed by atoms with van der Waals surface area (Å²) in [6.45, 7) is 0.603. The molecule has 14 heavy (non-hydrogen) atoms. The first-order valence-electron chi connectivity index (χ1n) is 4.10. The molecule has 0 fully saturated rings. The maximum absolute atomic E-state index is 11.5. The van der Waals surface area contributed by atoms with Crippen molar-refractivity contribution in [3.05, 3.63) is 24.0 Å². The maximum atomic E-state index is 11.5. The third-order valence-corrected chi connectivity index (χ3v) is 1.67. The molecule has 0 bridgehead atoms. The van der Waals surface area contributed by atoms with Gasteiger partial charge in [-0.2, -0.15) is 0 Å². The molecule has 0 saturated heterocycles. The Balaban J connectivity index is 2.75. The topological polar surface area (TPSA) is 34.0 Å². The molecular formula is C11H10N2O. The summed E-state index contributed by atoms with van der Waals surface area (Å²) in [5.41, 5.74) is 0.526. The van der Waals surface area contributed by atoms with Crippen LogP contribution in [0.5, 0.6) is 0 Å². The summed E-state index contributed by atoms with van der Waals surface area (Å²) in [4.78, 5) is 11.5. The van der Waals surface area contributed by atoms with Gasteiger partial charge in [0.05, 0.1) is 13.1 Å². The molecule has 0 aliphatic carbocycles. The second-order valence-corrected chi connectivity index (χ2v) is 2.61. The highest BCUT2D eigenvalue weighted by molar-refractivity contribution is 5.92. The predicted molar refractivity (Wildman–Crippen MR) is 54.4 cm³/mol. The number of aromatic nitrogens is 1. The summed E-state index contributed by atoms with van der Waals surface area (Å²) < 4.78 is 1.69. The van der Waals surface area contributed by atoms with E-state index in [0.29, 0.717) is 12.2 Å². The highest BCUT2D eigenvalue weighted by Gasteiger charge is 2.08. The van der Waals surface area contributed by atoms with E-state index < -0.39 is 0 Å². The van der Waals surface area contributed by atoms with Crippen LogP contribution in [-0.4, -0.2) is 17.0 Å². The third-order valence-electron chi connectivity index (χ3n) is 1.67. The Kier molecular flexibility index (Phi) is 3.41. The number of nitrogens with zero attached hydrogens (tertiary/aromatic N) is 1. The fraction of sp³-hybridized carbons (Fsp3) is 0.182. The van der Waals surface area contributed by atoms with Gasteiger partial charge in [-0.1, -0.05) is 11.8 Å². The molecule has 0 unspecified atom stereocenters. The molecule has 0 spiro atoms. The van der Waals surface area contributed by atoms with E-state index in [1.807, 2.05) is 0 Å². The minimum atomic E-state index is -0.205. The van der Waals surface area contributed by atoms with E-state index in [4.69, 9.17) is 12.8 Å². The van der Waals surface area contributed by atoms with E-state index in [1.165, 1.54) is 0 Å². The van der Waals surface area contributed by atoms with Crippen LogP contribution in [-0.2, 0) is 6.54 Å². The lowest BCUT2D eigenvalue weighted by atomic mass is 10.4. The number of nitrogens with one attached hydrogen (secondary N) is 1. The summed E-state index contributed by atoms with van der Waals surface area (Å²) in [6, 6.07) is 3.46. The van der Waals surface area contributed by atoms with Crippen molar-refractivity contribution in [3.8, 4) is 24.7 Å². The Labute approximate surface area is 83.1 Å². The molecule has 70 valence electrons. The molecule has 0 aliphatic rings. The van der Waals surface area contributed by atoms with Crippen LogP contribution in [0.25, 0.3) is 0 Å². The zero-order valence-electron chi connectivity index (χ0n) is 7.66. The molecule has 1 N–H and O–H groups in total. The number of amides is 1.